The van der Waals surface area contributed by atoms with E-state index in [-0.39, 0.29) is 11.9 Å². The van der Waals surface area contributed by atoms with Gasteiger partial charge in [0.25, 0.3) is 0 Å². The zero-order valence-electron chi connectivity index (χ0n) is 13.3. The largest absolute Gasteiger partial charge is 0.344 e. The molecule has 4 aliphatic rings. The molecule has 0 aromatic heterocycles. The molecule has 2 unspecified atom stereocenters. The van der Waals surface area contributed by atoms with Gasteiger partial charge in [-0.05, 0) is 75.5 Å². The Labute approximate surface area is 128 Å². The molecule has 0 spiro atoms. The van der Waals surface area contributed by atoms with Gasteiger partial charge in [-0.15, -0.1) is 6.42 Å². The van der Waals surface area contributed by atoms with E-state index in [4.69, 9.17) is 6.42 Å². The molecule has 4 bridgehead atoms. The van der Waals surface area contributed by atoms with Crippen LogP contribution in [-0.4, -0.2) is 24.5 Å². The van der Waals surface area contributed by atoms with E-state index in [2.05, 4.69) is 23.5 Å². The molecule has 21 heavy (non-hydrogen) atoms. The summed E-state index contributed by atoms with van der Waals surface area (Å²) in [7, 11) is 0. The van der Waals surface area contributed by atoms with E-state index in [0.29, 0.717) is 18.0 Å². The summed E-state index contributed by atoms with van der Waals surface area (Å²) in [4.78, 5) is 12.0. The van der Waals surface area contributed by atoms with Crippen LogP contribution in [0, 0.1) is 35.5 Å². The molecule has 3 heteroatoms. The highest BCUT2D eigenvalue weighted by atomic mass is 16.2. The van der Waals surface area contributed by atoms with Crippen LogP contribution in [-0.2, 0) is 4.79 Å². The smallest absolute Gasteiger partial charge is 0.237 e. The number of rotatable bonds is 5. The Morgan fingerprint density at radius 2 is 1.71 bits per heavy atom. The maximum atomic E-state index is 12.0. The van der Waals surface area contributed by atoms with E-state index >= 15 is 0 Å². The van der Waals surface area contributed by atoms with Gasteiger partial charge in [-0.1, -0.05) is 5.92 Å². The average Bonchev–Trinajstić information content (AvgIpc) is 2.43. The third kappa shape index (κ3) is 2.83. The van der Waals surface area contributed by atoms with Crippen LogP contribution in [0.25, 0.3) is 0 Å². The Balaban J connectivity index is 1.61. The van der Waals surface area contributed by atoms with Crippen LogP contribution in [0.3, 0.4) is 0 Å². The first-order valence-corrected chi connectivity index (χ1v) is 8.49. The molecule has 0 heterocycles. The van der Waals surface area contributed by atoms with Gasteiger partial charge in [0, 0.05) is 6.04 Å². The van der Waals surface area contributed by atoms with Gasteiger partial charge in [-0.2, -0.15) is 0 Å². The van der Waals surface area contributed by atoms with Crippen LogP contribution >= 0.6 is 0 Å². The first-order chi connectivity index (χ1) is 10.0. The molecule has 0 aromatic rings. The second-order valence-corrected chi connectivity index (χ2v) is 7.81. The topological polar surface area (TPSA) is 41.1 Å². The standard InChI is InChI=1S/C18H28N2O/c1-4-5-19-17(21)12(2)20-13(3)18-9-14-6-15(10-18)8-16(7-14)11-18/h1,12-16,20H,5-11H2,2-3H3,(H,19,21). The van der Waals surface area contributed by atoms with Gasteiger partial charge < -0.3 is 10.6 Å². The van der Waals surface area contributed by atoms with Crippen molar-refractivity contribution >= 4 is 5.91 Å². The van der Waals surface area contributed by atoms with Crippen LogP contribution < -0.4 is 10.6 Å². The van der Waals surface area contributed by atoms with E-state index in [0.717, 1.165) is 17.8 Å². The first-order valence-electron chi connectivity index (χ1n) is 8.49. The Morgan fingerprint density at radius 3 is 2.19 bits per heavy atom. The van der Waals surface area contributed by atoms with Crippen molar-refractivity contribution in [2.45, 2.75) is 64.5 Å². The summed E-state index contributed by atoms with van der Waals surface area (Å²) in [5.74, 6) is 5.32. The predicted octanol–water partition coefficient (Wildman–Crippen LogP) is 2.32. The number of terminal acetylenes is 1. The molecule has 0 aromatic carbocycles. The van der Waals surface area contributed by atoms with Crippen LogP contribution in [0.5, 0.6) is 0 Å². The average molecular weight is 288 g/mol. The van der Waals surface area contributed by atoms with Crippen LogP contribution in [0.4, 0.5) is 0 Å². The van der Waals surface area contributed by atoms with Crippen LogP contribution in [0.15, 0.2) is 0 Å². The number of amides is 1. The van der Waals surface area contributed by atoms with Gasteiger partial charge in [0.2, 0.25) is 5.91 Å². The third-order valence-corrected chi connectivity index (χ3v) is 6.26. The van der Waals surface area contributed by atoms with E-state index in [9.17, 15) is 4.79 Å². The number of hydrogen-bond donors (Lipinski definition) is 2. The summed E-state index contributed by atoms with van der Waals surface area (Å²) in [6.07, 6.45) is 13.7. The van der Waals surface area contributed by atoms with Crippen molar-refractivity contribution in [1.82, 2.24) is 10.6 Å². The molecular weight excluding hydrogens is 260 g/mol. The fourth-order valence-electron chi connectivity index (χ4n) is 5.63. The van der Waals surface area contributed by atoms with Gasteiger partial charge >= 0.3 is 0 Å². The van der Waals surface area contributed by atoms with E-state index in [1.807, 2.05) is 6.92 Å². The van der Waals surface area contributed by atoms with Crippen LogP contribution in [0.2, 0.25) is 0 Å². The Kier molecular flexibility index (Phi) is 4.01. The van der Waals surface area contributed by atoms with E-state index in [1.165, 1.54) is 38.5 Å². The fraction of sp³-hybridized carbons (Fsp3) is 0.833. The van der Waals surface area contributed by atoms with Crippen molar-refractivity contribution in [3.05, 3.63) is 0 Å². The van der Waals surface area contributed by atoms with Gasteiger partial charge in [0.1, 0.15) is 0 Å². The minimum atomic E-state index is -0.165. The SMILES string of the molecule is C#CCNC(=O)C(C)NC(C)C12CC3CC(CC(C3)C1)C2. The Hall–Kier alpha value is -1.01. The molecule has 2 N–H and O–H groups in total. The van der Waals surface area contributed by atoms with Crippen molar-refractivity contribution < 1.29 is 4.79 Å². The molecule has 116 valence electrons. The summed E-state index contributed by atoms with van der Waals surface area (Å²) in [5.41, 5.74) is 0.440. The highest BCUT2D eigenvalue weighted by Gasteiger charge is 2.53. The third-order valence-electron chi connectivity index (χ3n) is 6.26. The van der Waals surface area contributed by atoms with Gasteiger partial charge in [0.05, 0.1) is 12.6 Å². The molecule has 2 atom stereocenters. The Morgan fingerprint density at radius 1 is 1.19 bits per heavy atom. The van der Waals surface area contributed by atoms with E-state index < -0.39 is 0 Å². The number of carbonyl (C=O) groups is 1. The second kappa shape index (κ2) is 5.65. The Bertz CT molecular complexity index is 415. The molecule has 3 nitrogen and oxygen atoms in total. The lowest BCUT2D eigenvalue weighted by Crippen LogP contribution is -2.58. The zero-order valence-corrected chi connectivity index (χ0v) is 13.3. The molecular formula is C18H28N2O. The van der Waals surface area contributed by atoms with Gasteiger partial charge in [-0.25, -0.2) is 0 Å². The normalized spacial score (nSPS) is 39.6. The van der Waals surface area contributed by atoms with Crippen molar-refractivity contribution in [2.24, 2.45) is 23.2 Å². The number of carbonyl (C=O) groups excluding carboxylic acids is 1. The molecule has 0 aliphatic heterocycles. The van der Waals surface area contributed by atoms with Crippen LogP contribution in [0.1, 0.15) is 52.4 Å². The molecule has 0 radical (unpaired) electrons. The molecule has 0 saturated heterocycles. The molecule has 4 rings (SSSR count). The van der Waals surface area contributed by atoms with Gasteiger partial charge in [-0.3, -0.25) is 4.79 Å². The monoisotopic (exact) mass is 288 g/mol. The molecule has 1 amide bonds. The maximum Gasteiger partial charge on any atom is 0.237 e. The first kappa shape index (κ1) is 14.9. The highest BCUT2D eigenvalue weighted by Crippen LogP contribution is 2.61. The fourth-order valence-corrected chi connectivity index (χ4v) is 5.63. The lowest BCUT2D eigenvalue weighted by atomic mass is 9.48. The van der Waals surface area contributed by atoms with Gasteiger partial charge in [0.15, 0.2) is 0 Å². The maximum absolute atomic E-state index is 12.0. The van der Waals surface area contributed by atoms with E-state index in [1.54, 1.807) is 0 Å². The van der Waals surface area contributed by atoms with Crippen molar-refractivity contribution in [1.29, 1.82) is 0 Å². The van der Waals surface area contributed by atoms with Crippen molar-refractivity contribution in [2.75, 3.05) is 6.54 Å². The lowest BCUT2D eigenvalue weighted by molar-refractivity contribution is -0.123. The number of nitrogens with one attached hydrogen (secondary N) is 2. The summed E-state index contributed by atoms with van der Waals surface area (Å²) < 4.78 is 0. The number of hydrogen-bond acceptors (Lipinski definition) is 2. The predicted molar refractivity (Wildman–Crippen MR) is 84.5 cm³/mol. The van der Waals surface area contributed by atoms with Crippen molar-refractivity contribution in [3.63, 3.8) is 0 Å². The summed E-state index contributed by atoms with van der Waals surface area (Å²) in [5, 5.41) is 6.34. The zero-order chi connectivity index (χ0) is 15.0. The minimum absolute atomic E-state index is 0.0181. The second-order valence-electron chi connectivity index (χ2n) is 7.81. The summed E-state index contributed by atoms with van der Waals surface area (Å²) >= 11 is 0. The van der Waals surface area contributed by atoms with Crippen molar-refractivity contribution in [3.8, 4) is 12.3 Å². The summed E-state index contributed by atoms with van der Waals surface area (Å²) in [6.45, 7) is 4.55. The highest BCUT2D eigenvalue weighted by molar-refractivity contribution is 5.81. The molecule has 4 saturated carbocycles. The minimum Gasteiger partial charge on any atom is -0.344 e. The quantitative estimate of drug-likeness (QED) is 0.762. The molecule has 4 aliphatic carbocycles. The lowest BCUT2D eigenvalue weighted by Gasteiger charge is -2.59. The molecule has 4 fully saturated rings. The summed E-state index contributed by atoms with van der Waals surface area (Å²) in [6, 6.07) is 0.249.